The molecular formula is C72H29F6N11. The standard InChI is InChI=1S/C72H29F6N11/c1-85-52-10-18-61(46(24-52)37-83)70(62-19-11-53(86-2)25-47(62)38-84)48-8-16-58-56-14-6-41(54-12-4-39(33-79)20-44(54)35-81)26-64(56)88(66(58)30-48)68-28-45(36-82)60(43-22-50(71(73,74)75)29-51(23-43)72(76,77)78)32-69(68)89-65-27-42(55-13-5-40(34-80)21-63(55)87-3)7-15-57(65)59-17-9-49(70)31-67(59)89/h4-32H. The molecule has 4 bridgehead atoms. The average molecular weight is 1160 g/mol. The highest BCUT2D eigenvalue weighted by molar-refractivity contribution is 6.14. The average Bonchev–Trinajstić information content (AvgIpc) is 1.66. The summed E-state index contributed by atoms with van der Waals surface area (Å²) in [6.07, 6.45) is -10.6. The Morgan fingerprint density at radius 1 is 0.360 bits per heavy atom. The Balaban J connectivity index is 1.31. The Kier molecular flexibility index (Phi) is 12.5. The van der Waals surface area contributed by atoms with E-state index in [0.29, 0.717) is 100 Å². The number of hydrogen-bond donors (Lipinski definition) is 0. The third kappa shape index (κ3) is 8.43. The molecule has 0 aliphatic carbocycles. The van der Waals surface area contributed by atoms with Crippen LogP contribution in [0.1, 0.15) is 66.8 Å². The van der Waals surface area contributed by atoms with Crippen molar-refractivity contribution >= 4 is 60.7 Å². The molecule has 11 nitrogen and oxygen atoms in total. The molecule has 0 amide bonds. The maximum atomic E-state index is 14.9. The second kappa shape index (κ2) is 20.3. The Labute approximate surface area is 501 Å². The second-order valence-corrected chi connectivity index (χ2v) is 21.0. The summed E-state index contributed by atoms with van der Waals surface area (Å²) < 4.78 is 93.0. The lowest BCUT2D eigenvalue weighted by atomic mass is 9.62. The van der Waals surface area contributed by atoms with Gasteiger partial charge in [-0.2, -0.15) is 57.9 Å². The maximum Gasteiger partial charge on any atom is 0.416 e. The number of nitrogens with zero attached hydrogens (tertiary/aromatic N) is 11. The lowest BCUT2D eigenvalue weighted by Gasteiger charge is -2.38. The fourth-order valence-electron chi connectivity index (χ4n) is 12.6. The van der Waals surface area contributed by atoms with Gasteiger partial charge in [-0.25, -0.2) is 14.5 Å². The number of alkyl halides is 6. The minimum absolute atomic E-state index is 0.00190. The van der Waals surface area contributed by atoms with Crippen LogP contribution in [0.2, 0.25) is 0 Å². The molecular weight excluding hydrogens is 1130 g/mol. The SMILES string of the molecule is [C-]#[N+]c1ccc(C2(c3ccc([N+]#[C-])cc3C#N)c3ccc4c5ccc(-c6ccc(C#N)cc6C#N)cc5n(c4c3)-c3cc(C#N)c(-c4cc(C(F)(F)F)cc(C(F)(F)F)c4)cc3-n3c4cc(-c5ccc(C#N)cc5[N+]#[C-])ccc4c4ccc2cc43)c(C#N)c1. The summed E-state index contributed by atoms with van der Waals surface area (Å²) in [6.45, 7) is 24.2. The lowest BCUT2D eigenvalue weighted by molar-refractivity contribution is -0.143. The van der Waals surface area contributed by atoms with Crippen molar-refractivity contribution in [2.24, 2.45) is 0 Å². The zero-order valence-electron chi connectivity index (χ0n) is 45.4. The van der Waals surface area contributed by atoms with Crippen molar-refractivity contribution in [3.05, 3.63) is 277 Å². The van der Waals surface area contributed by atoms with Crippen LogP contribution < -0.4 is 0 Å². The molecule has 12 aromatic rings. The second-order valence-electron chi connectivity index (χ2n) is 21.0. The van der Waals surface area contributed by atoms with Gasteiger partial charge in [-0.1, -0.05) is 84.9 Å². The Hall–Kier alpha value is -13.2. The summed E-state index contributed by atoms with van der Waals surface area (Å²) in [7, 11) is 0. The molecule has 1 aliphatic rings. The first kappa shape index (κ1) is 55.0. The van der Waals surface area contributed by atoms with Crippen LogP contribution in [0.5, 0.6) is 0 Å². The van der Waals surface area contributed by atoms with Gasteiger partial charge in [0.05, 0.1) is 123 Å². The number of aromatic nitrogens is 2. The maximum absolute atomic E-state index is 14.9. The molecule has 0 unspecified atom stereocenters. The van der Waals surface area contributed by atoms with Crippen LogP contribution in [-0.2, 0) is 17.8 Å². The van der Waals surface area contributed by atoms with Gasteiger partial charge in [0, 0.05) is 43.8 Å². The molecule has 0 radical (unpaired) electrons. The summed E-state index contributed by atoms with van der Waals surface area (Å²) in [5.41, 5.74) is -0.411. The largest absolute Gasteiger partial charge is 0.416 e. The third-order valence-corrected chi connectivity index (χ3v) is 16.5. The highest BCUT2D eigenvalue weighted by atomic mass is 19.4. The van der Waals surface area contributed by atoms with E-state index in [1.165, 1.54) is 36.4 Å². The smallest absolute Gasteiger partial charge is 0.307 e. The molecule has 0 spiro atoms. The van der Waals surface area contributed by atoms with Crippen molar-refractivity contribution in [2.45, 2.75) is 17.8 Å². The molecule has 0 saturated heterocycles. The number of hydrogen-bond acceptors (Lipinski definition) is 6. The van der Waals surface area contributed by atoms with E-state index in [2.05, 4.69) is 51.0 Å². The van der Waals surface area contributed by atoms with Gasteiger partial charge >= 0.3 is 12.4 Å². The molecule has 10 aromatic carbocycles. The van der Waals surface area contributed by atoms with Gasteiger partial charge in [0.15, 0.2) is 17.1 Å². The van der Waals surface area contributed by atoms with E-state index < -0.39 is 34.5 Å². The first-order valence-electron chi connectivity index (χ1n) is 26.7. The number of nitriles is 6. The van der Waals surface area contributed by atoms with E-state index in [9.17, 15) is 57.9 Å². The van der Waals surface area contributed by atoms with Crippen LogP contribution in [0.15, 0.2) is 176 Å². The molecule has 414 valence electrons. The molecule has 13 rings (SSSR count). The van der Waals surface area contributed by atoms with Gasteiger partial charge in [0.25, 0.3) is 0 Å². The zero-order valence-corrected chi connectivity index (χ0v) is 45.4. The predicted molar refractivity (Wildman–Crippen MR) is 320 cm³/mol. The first-order chi connectivity index (χ1) is 42.9. The fraction of sp³-hybridized carbons (Fsp3) is 0.0417. The van der Waals surface area contributed by atoms with Gasteiger partial charge in [0.1, 0.15) is 0 Å². The van der Waals surface area contributed by atoms with Gasteiger partial charge in [-0.15, -0.1) is 0 Å². The molecule has 0 atom stereocenters. The van der Waals surface area contributed by atoms with Crippen molar-refractivity contribution < 1.29 is 26.3 Å². The molecule has 1 aliphatic heterocycles. The van der Waals surface area contributed by atoms with Crippen molar-refractivity contribution in [1.29, 1.82) is 31.6 Å². The van der Waals surface area contributed by atoms with E-state index in [1.54, 1.807) is 106 Å². The minimum Gasteiger partial charge on any atom is -0.307 e. The van der Waals surface area contributed by atoms with Crippen LogP contribution in [0.3, 0.4) is 0 Å². The van der Waals surface area contributed by atoms with E-state index in [4.69, 9.17) is 19.7 Å². The normalized spacial score (nSPS) is 12.1. The Morgan fingerprint density at radius 2 is 0.798 bits per heavy atom. The lowest BCUT2D eigenvalue weighted by Crippen LogP contribution is -2.33. The molecule has 3 heterocycles. The van der Waals surface area contributed by atoms with Crippen LogP contribution in [0.25, 0.3) is 103 Å². The monoisotopic (exact) mass is 1160 g/mol. The summed E-state index contributed by atoms with van der Waals surface area (Å²) in [4.78, 5) is 11.0. The van der Waals surface area contributed by atoms with Gasteiger partial charge in [-0.05, 0) is 141 Å². The van der Waals surface area contributed by atoms with E-state index in [1.807, 2.05) is 24.3 Å². The van der Waals surface area contributed by atoms with E-state index in [0.717, 1.165) is 0 Å². The third-order valence-electron chi connectivity index (χ3n) is 16.5. The van der Waals surface area contributed by atoms with Crippen molar-refractivity contribution in [3.8, 4) is 81.2 Å². The van der Waals surface area contributed by atoms with Crippen LogP contribution in [0.4, 0.5) is 43.4 Å². The van der Waals surface area contributed by atoms with Crippen LogP contribution in [0, 0.1) is 87.7 Å². The summed E-state index contributed by atoms with van der Waals surface area (Å²) >= 11 is 0. The molecule has 0 fully saturated rings. The van der Waals surface area contributed by atoms with Crippen molar-refractivity contribution in [3.63, 3.8) is 0 Å². The molecule has 0 N–H and O–H groups in total. The van der Waals surface area contributed by atoms with E-state index >= 15 is 0 Å². The number of rotatable bonds is 5. The molecule has 17 heteroatoms. The van der Waals surface area contributed by atoms with Gasteiger partial charge in [0.2, 0.25) is 0 Å². The number of halogens is 6. The first-order valence-corrected chi connectivity index (χ1v) is 26.7. The molecule has 0 saturated carbocycles. The Bertz CT molecular complexity index is 5510. The molecule has 2 aromatic heterocycles. The summed E-state index contributed by atoms with van der Waals surface area (Å²) in [6, 6.07) is 56.9. The highest BCUT2D eigenvalue weighted by Crippen LogP contribution is 2.53. The predicted octanol–water partition coefficient (Wildman–Crippen LogP) is 18.5. The van der Waals surface area contributed by atoms with Gasteiger partial charge < -0.3 is 9.13 Å². The quantitative estimate of drug-likeness (QED) is 0.123. The van der Waals surface area contributed by atoms with Gasteiger partial charge in [-0.3, -0.25) is 0 Å². The Morgan fingerprint density at radius 3 is 1.26 bits per heavy atom. The van der Waals surface area contributed by atoms with Crippen molar-refractivity contribution in [1.82, 2.24) is 9.13 Å². The highest BCUT2D eigenvalue weighted by Gasteiger charge is 2.44. The fourth-order valence-corrected chi connectivity index (χ4v) is 12.6. The van der Waals surface area contributed by atoms with Crippen LogP contribution >= 0.6 is 0 Å². The zero-order chi connectivity index (χ0) is 62.4. The topological polar surface area (TPSA) is 166 Å². The van der Waals surface area contributed by atoms with E-state index in [-0.39, 0.29) is 73.4 Å². The minimum atomic E-state index is -5.29. The number of fused-ring (bicyclic) bond motifs is 11. The molecule has 89 heavy (non-hydrogen) atoms. The summed E-state index contributed by atoms with van der Waals surface area (Å²) in [5.74, 6) is 0. The number of benzene rings is 10. The summed E-state index contributed by atoms with van der Waals surface area (Å²) in [5, 5.41) is 66.3. The van der Waals surface area contributed by atoms with Crippen LogP contribution in [-0.4, -0.2) is 9.13 Å². The van der Waals surface area contributed by atoms with Crippen molar-refractivity contribution in [2.75, 3.05) is 0 Å².